The van der Waals surface area contributed by atoms with Crippen molar-refractivity contribution in [2.75, 3.05) is 6.54 Å². The first-order chi connectivity index (χ1) is 11.3. The molecule has 1 aliphatic heterocycles. The maximum atomic E-state index is 12.1. The molecular formula is C18H25N3OS. The number of hydrogen-bond acceptors (Lipinski definition) is 4. The van der Waals surface area contributed by atoms with E-state index < -0.39 is 0 Å². The minimum absolute atomic E-state index is 0.0503. The first-order valence-corrected chi connectivity index (χ1v) is 9.87. The van der Waals surface area contributed by atoms with Crippen molar-refractivity contribution in [1.82, 2.24) is 14.3 Å². The summed E-state index contributed by atoms with van der Waals surface area (Å²) in [7, 11) is 0. The van der Waals surface area contributed by atoms with Gasteiger partial charge in [-0.1, -0.05) is 32.1 Å². The second-order valence-corrected chi connectivity index (χ2v) is 8.02. The third-order valence-corrected chi connectivity index (χ3v) is 6.31. The van der Waals surface area contributed by atoms with E-state index in [1.54, 1.807) is 16.7 Å². The molecule has 5 heteroatoms. The van der Waals surface area contributed by atoms with Crippen LogP contribution in [0.2, 0.25) is 0 Å². The number of hydrogen-bond donors (Lipinski definition) is 0. The molecule has 124 valence electrons. The fraction of sp³-hybridized carbons (Fsp3) is 0.667. The third-order valence-electron chi connectivity index (χ3n) is 5.55. The van der Waals surface area contributed by atoms with Gasteiger partial charge in [0.05, 0.1) is 5.69 Å². The van der Waals surface area contributed by atoms with Gasteiger partial charge in [-0.25, -0.2) is 4.98 Å². The molecule has 2 aromatic heterocycles. The van der Waals surface area contributed by atoms with Crippen LogP contribution >= 0.6 is 11.3 Å². The zero-order valence-corrected chi connectivity index (χ0v) is 14.4. The van der Waals surface area contributed by atoms with Gasteiger partial charge in [0.25, 0.3) is 5.56 Å². The molecular weight excluding hydrogens is 306 g/mol. The van der Waals surface area contributed by atoms with Crippen LogP contribution in [0.3, 0.4) is 0 Å². The van der Waals surface area contributed by atoms with Gasteiger partial charge >= 0.3 is 0 Å². The maximum absolute atomic E-state index is 12.1. The first kappa shape index (κ1) is 15.3. The Hall–Kier alpha value is -1.20. The summed E-state index contributed by atoms with van der Waals surface area (Å²) in [6.45, 7) is 1.99. The molecule has 3 heterocycles. The Kier molecular flexibility index (Phi) is 4.49. The second-order valence-electron chi connectivity index (χ2n) is 7.15. The Bertz CT molecular complexity index is 716. The lowest BCUT2D eigenvalue weighted by molar-refractivity contribution is 0.190. The molecule has 0 spiro atoms. The van der Waals surface area contributed by atoms with Gasteiger partial charge in [0.15, 0.2) is 4.96 Å². The van der Waals surface area contributed by atoms with E-state index in [0.29, 0.717) is 6.04 Å². The molecule has 4 nitrogen and oxygen atoms in total. The molecule has 2 fully saturated rings. The van der Waals surface area contributed by atoms with Gasteiger partial charge in [-0.05, 0) is 31.7 Å². The van der Waals surface area contributed by atoms with E-state index in [9.17, 15) is 4.79 Å². The van der Waals surface area contributed by atoms with Crippen LogP contribution in [0.25, 0.3) is 4.96 Å². The highest BCUT2D eigenvalue weighted by atomic mass is 32.1. The molecule has 2 aliphatic rings. The summed E-state index contributed by atoms with van der Waals surface area (Å²) < 4.78 is 1.64. The fourth-order valence-corrected chi connectivity index (χ4v) is 5.09. The molecule has 1 atom stereocenters. The Labute approximate surface area is 141 Å². The summed E-state index contributed by atoms with van der Waals surface area (Å²) in [4.78, 5) is 20.2. The van der Waals surface area contributed by atoms with Crippen molar-refractivity contribution in [3.8, 4) is 0 Å². The van der Waals surface area contributed by atoms with E-state index in [2.05, 4.69) is 9.88 Å². The predicted molar refractivity (Wildman–Crippen MR) is 94.0 cm³/mol. The monoisotopic (exact) mass is 331 g/mol. The molecule has 0 amide bonds. The average molecular weight is 331 g/mol. The Balaban J connectivity index is 1.46. The molecule has 0 unspecified atom stereocenters. The van der Waals surface area contributed by atoms with Gasteiger partial charge in [-0.3, -0.25) is 14.1 Å². The van der Waals surface area contributed by atoms with Crippen LogP contribution in [-0.2, 0) is 6.54 Å². The van der Waals surface area contributed by atoms with Crippen molar-refractivity contribution in [2.24, 2.45) is 5.92 Å². The highest BCUT2D eigenvalue weighted by Gasteiger charge is 2.28. The summed E-state index contributed by atoms with van der Waals surface area (Å²) >= 11 is 1.54. The molecule has 4 rings (SSSR count). The number of fused-ring (bicyclic) bond motifs is 1. The lowest BCUT2D eigenvalue weighted by Gasteiger charge is -2.29. The highest BCUT2D eigenvalue weighted by Crippen LogP contribution is 2.32. The van der Waals surface area contributed by atoms with Gasteiger partial charge in [-0.15, -0.1) is 11.3 Å². The summed E-state index contributed by atoms with van der Waals surface area (Å²) in [6.07, 6.45) is 12.9. The molecule has 0 aromatic carbocycles. The van der Waals surface area contributed by atoms with Crippen LogP contribution in [0, 0.1) is 5.92 Å². The summed E-state index contributed by atoms with van der Waals surface area (Å²) in [5, 5.41) is 1.93. The predicted octanol–water partition coefficient (Wildman–Crippen LogP) is 3.69. The van der Waals surface area contributed by atoms with Crippen LogP contribution in [0.5, 0.6) is 0 Å². The average Bonchev–Trinajstić information content (AvgIpc) is 3.19. The van der Waals surface area contributed by atoms with Crippen LogP contribution in [0.15, 0.2) is 22.4 Å². The number of rotatable bonds is 4. The van der Waals surface area contributed by atoms with Crippen molar-refractivity contribution in [3.05, 3.63) is 33.7 Å². The van der Waals surface area contributed by atoms with Crippen molar-refractivity contribution in [3.63, 3.8) is 0 Å². The smallest absolute Gasteiger partial charge is 0.258 e. The zero-order valence-electron chi connectivity index (χ0n) is 13.6. The van der Waals surface area contributed by atoms with Gasteiger partial charge in [0.2, 0.25) is 0 Å². The van der Waals surface area contributed by atoms with Crippen molar-refractivity contribution in [2.45, 2.75) is 64.0 Å². The number of nitrogens with zero attached hydrogens (tertiary/aromatic N) is 3. The quantitative estimate of drug-likeness (QED) is 0.857. The van der Waals surface area contributed by atoms with E-state index in [1.807, 2.05) is 5.38 Å². The maximum Gasteiger partial charge on any atom is 0.258 e. The Morgan fingerprint density at radius 3 is 2.91 bits per heavy atom. The van der Waals surface area contributed by atoms with Gasteiger partial charge < -0.3 is 0 Å². The topological polar surface area (TPSA) is 37.6 Å². The van der Waals surface area contributed by atoms with E-state index in [-0.39, 0.29) is 5.56 Å². The van der Waals surface area contributed by atoms with E-state index >= 15 is 0 Å². The summed E-state index contributed by atoms with van der Waals surface area (Å²) in [5.41, 5.74) is 0.988. The minimum Gasteiger partial charge on any atom is -0.295 e. The molecule has 1 saturated carbocycles. The van der Waals surface area contributed by atoms with E-state index in [4.69, 9.17) is 0 Å². The van der Waals surface area contributed by atoms with E-state index in [1.165, 1.54) is 62.7 Å². The lowest BCUT2D eigenvalue weighted by Crippen LogP contribution is -2.32. The first-order valence-electron chi connectivity index (χ1n) is 8.99. The van der Waals surface area contributed by atoms with Gasteiger partial charge in [0.1, 0.15) is 0 Å². The third kappa shape index (κ3) is 3.36. The molecule has 1 aliphatic carbocycles. The summed E-state index contributed by atoms with van der Waals surface area (Å²) in [5.74, 6) is 0.924. The van der Waals surface area contributed by atoms with Crippen LogP contribution < -0.4 is 5.56 Å². The van der Waals surface area contributed by atoms with Gasteiger partial charge in [0, 0.05) is 30.2 Å². The molecule has 1 saturated heterocycles. The molecule has 0 N–H and O–H groups in total. The zero-order chi connectivity index (χ0) is 15.6. The van der Waals surface area contributed by atoms with Crippen molar-refractivity contribution in [1.29, 1.82) is 0 Å². The minimum atomic E-state index is 0.0503. The highest BCUT2D eigenvalue weighted by molar-refractivity contribution is 7.15. The van der Waals surface area contributed by atoms with Crippen molar-refractivity contribution < 1.29 is 0 Å². The standard InChI is InChI=1S/C18H25N3OS/c22-17-12-15(19-18-21(17)9-10-23-18)13-20-8-4-7-16(20)11-14-5-2-1-3-6-14/h9-10,12,14,16H,1-8,11,13H2/t16-/m0/s1. The Morgan fingerprint density at radius 1 is 1.17 bits per heavy atom. The second kappa shape index (κ2) is 6.73. The van der Waals surface area contributed by atoms with Crippen LogP contribution in [-0.4, -0.2) is 26.9 Å². The van der Waals surface area contributed by atoms with Gasteiger partial charge in [-0.2, -0.15) is 0 Å². The molecule has 0 bridgehead atoms. The number of thiazole rings is 1. The fourth-order valence-electron chi connectivity index (χ4n) is 4.35. The lowest BCUT2D eigenvalue weighted by atomic mass is 9.84. The van der Waals surface area contributed by atoms with Crippen LogP contribution in [0.1, 0.15) is 57.1 Å². The van der Waals surface area contributed by atoms with Crippen molar-refractivity contribution >= 4 is 16.3 Å². The van der Waals surface area contributed by atoms with Crippen LogP contribution in [0.4, 0.5) is 0 Å². The molecule has 0 radical (unpaired) electrons. The number of aromatic nitrogens is 2. The van der Waals surface area contributed by atoms with E-state index in [0.717, 1.165) is 29.7 Å². The molecule has 23 heavy (non-hydrogen) atoms. The largest absolute Gasteiger partial charge is 0.295 e. The SMILES string of the molecule is O=c1cc(CN2CCC[C@H]2CC2CCCCC2)nc2sccn12. The Morgan fingerprint density at radius 2 is 2.04 bits per heavy atom. The summed E-state index contributed by atoms with van der Waals surface area (Å²) in [6, 6.07) is 2.41. The molecule has 2 aromatic rings. The normalized spacial score (nSPS) is 23.7. The number of likely N-dealkylation sites (tertiary alicyclic amines) is 1.